The maximum Gasteiger partial charge on any atom is 0.319 e. The first-order valence-corrected chi connectivity index (χ1v) is 7.88. The molecule has 0 atom stereocenters. The van der Waals surface area contributed by atoms with Crippen LogP contribution in [0.1, 0.15) is 33.1 Å². The van der Waals surface area contributed by atoms with Crippen LogP contribution in [-0.2, 0) is 19.6 Å². The summed E-state index contributed by atoms with van der Waals surface area (Å²) in [6.45, 7) is 3.26. The molecule has 0 aromatic heterocycles. The quantitative estimate of drug-likeness (QED) is 0.581. The summed E-state index contributed by atoms with van der Waals surface area (Å²) in [5.41, 5.74) is -2.20. The van der Waals surface area contributed by atoms with Crippen molar-refractivity contribution in [3.8, 4) is 0 Å². The molecule has 0 unspecified atom stereocenters. The molecule has 1 fully saturated rings. The lowest BCUT2D eigenvalue weighted by Gasteiger charge is -2.37. The molecule has 1 amide bonds. The molecule has 7 nitrogen and oxygen atoms in total. The minimum absolute atomic E-state index is 0.0356. The zero-order valence-electron chi connectivity index (χ0n) is 11.3. The van der Waals surface area contributed by atoms with Gasteiger partial charge in [0.25, 0.3) is 0 Å². The molecule has 0 saturated heterocycles. The summed E-state index contributed by atoms with van der Waals surface area (Å²) < 4.78 is 24.7. The summed E-state index contributed by atoms with van der Waals surface area (Å²) in [6.07, 6.45) is 2.40. The fourth-order valence-corrected chi connectivity index (χ4v) is 3.15. The number of amides is 1. The Bertz CT molecular complexity index is 479. The minimum Gasteiger partial charge on any atom is -0.480 e. The lowest BCUT2D eigenvalue weighted by molar-refractivity contribution is -0.162. The molecule has 1 aliphatic rings. The lowest BCUT2D eigenvalue weighted by Crippen LogP contribution is -2.56. The Morgan fingerprint density at radius 3 is 2.16 bits per heavy atom. The van der Waals surface area contributed by atoms with E-state index in [2.05, 4.69) is 10.0 Å². The first-order valence-electron chi connectivity index (χ1n) is 5.99. The average molecular weight is 292 g/mol. The smallest absolute Gasteiger partial charge is 0.319 e. The van der Waals surface area contributed by atoms with Crippen molar-refractivity contribution in [1.82, 2.24) is 10.0 Å². The van der Waals surface area contributed by atoms with Crippen LogP contribution < -0.4 is 10.0 Å². The second-order valence-corrected chi connectivity index (χ2v) is 7.43. The second kappa shape index (κ2) is 5.09. The maximum absolute atomic E-state index is 11.9. The van der Waals surface area contributed by atoms with Gasteiger partial charge in [-0.3, -0.25) is 9.59 Å². The monoisotopic (exact) mass is 292 g/mol. The molecule has 0 aliphatic heterocycles. The number of sulfonamides is 1. The summed E-state index contributed by atoms with van der Waals surface area (Å²) in [4.78, 5) is 23.1. The topological polar surface area (TPSA) is 113 Å². The molecule has 1 aliphatic carbocycles. The van der Waals surface area contributed by atoms with Crippen molar-refractivity contribution in [1.29, 1.82) is 0 Å². The number of hydrogen-bond acceptors (Lipinski definition) is 4. The first kappa shape index (κ1) is 15.9. The Balaban J connectivity index is 2.62. The van der Waals surface area contributed by atoms with Crippen molar-refractivity contribution in [2.24, 2.45) is 5.41 Å². The highest BCUT2D eigenvalue weighted by Gasteiger charge is 2.51. The second-order valence-electron chi connectivity index (χ2n) is 5.68. The van der Waals surface area contributed by atoms with Crippen molar-refractivity contribution in [2.45, 2.75) is 38.6 Å². The molecule has 0 aromatic carbocycles. The van der Waals surface area contributed by atoms with E-state index < -0.39 is 32.9 Å². The number of hydrogen-bond donors (Lipinski definition) is 3. The average Bonchev–Trinajstić information content (AvgIpc) is 2.08. The van der Waals surface area contributed by atoms with Crippen LogP contribution in [0.25, 0.3) is 0 Å². The van der Waals surface area contributed by atoms with Crippen LogP contribution in [0.5, 0.6) is 0 Å². The number of carbonyl (C=O) groups is 2. The van der Waals surface area contributed by atoms with Gasteiger partial charge in [0.15, 0.2) is 0 Å². The van der Waals surface area contributed by atoms with E-state index in [0.717, 1.165) is 6.26 Å². The third kappa shape index (κ3) is 3.90. The Morgan fingerprint density at radius 2 is 1.84 bits per heavy atom. The van der Waals surface area contributed by atoms with Gasteiger partial charge in [-0.2, -0.15) is 0 Å². The van der Waals surface area contributed by atoms with Crippen molar-refractivity contribution in [2.75, 3.05) is 12.8 Å². The van der Waals surface area contributed by atoms with Gasteiger partial charge in [0.1, 0.15) is 5.41 Å². The van der Waals surface area contributed by atoms with Gasteiger partial charge in [0, 0.05) is 12.1 Å². The molecule has 3 N–H and O–H groups in total. The molecule has 1 saturated carbocycles. The normalized spacial score (nSPS) is 18.5. The molecular formula is C11H20N2O5S. The van der Waals surface area contributed by atoms with Crippen molar-refractivity contribution in [3.63, 3.8) is 0 Å². The number of rotatable bonds is 6. The highest BCUT2D eigenvalue weighted by Crippen LogP contribution is 2.41. The highest BCUT2D eigenvalue weighted by atomic mass is 32.2. The minimum atomic E-state index is -3.39. The fourth-order valence-electron chi connectivity index (χ4n) is 2.08. The standard InChI is InChI=1S/C11H20N2O5S/c1-10(2,13-19(3,17)18)7-12-8(14)11(9(15)16)5-4-6-11/h13H,4-7H2,1-3H3,(H,12,14)(H,15,16). The van der Waals surface area contributed by atoms with E-state index in [0.29, 0.717) is 19.3 Å². The Morgan fingerprint density at radius 1 is 1.32 bits per heavy atom. The van der Waals surface area contributed by atoms with Gasteiger partial charge in [0.2, 0.25) is 15.9 Å². The van der Waals surface area contributed by atoms with E-state index in [9.17, 15) is 18.0 Å². The van der Waals surface area contributed by atoms with Crippen molar-refractivity contribution < 1.29 is 23.1 Å². The molecule has 0 radical (unpaired) electrons. The van der Waals surface area contributed by atoms with Crippen LogP contribution in [0, 0.1) is 5.41 Å². The SMILES string of the molecule is CC(C)(CNC(=O)C1(C(=O)O)CCC1)NS(C)(=O)=O. The molecule has 110 valence electrons. The van der Waals surface area contributed by atoms with Gasteiger partial charge in [0.05, 0.1) is 6.26 Å². The van der Waals surface area contributed by atoms with E-state index in [1.165, 1.54) is 0 Å². The lowest BCUT2D eigenvalue weighted by atomic mass is 9.68. The third-order valence-electron chi connectivity index (χ3n) is 3.20. The summed E-state index contributed by atoms with van der Waals surface area (Å²) in [5, 5.41) is 11.6. The molecule has 0 spiro atoms. The van der Waals surface area contributed by atoms with Crippen LogP contribution in [0.4, 0.5) is 0 Å². The molecule has 0 aromatic rings. The molecule has 8 heteroatoms. The van der Waals surface area contributed by atoms with Gasteiger partial charge < -0.3 is 10.4 Å². The van der Waals surface area contributed by atoms with Gasteiger partial charge >= 0.3 is 5.97 Å². The van der Waals surface area contributed by atoms with E-state index in [1.807, 2.05) is 0 Å². The zero-order chi connectivity index (χ0) is 14.9. The summed E-state index contributed by atoms with van der Waals surface area (Å²) in [5.74, 6) is -1.67. The van der Waals surface area contributed by atoms with E-state index in [4.69, 9.17) is 5.11 Å². The van der Waals surface area contributed by atoms with Gasteiger partial charge in [-0.1, -0.05) is 6.42 Å². The maximum atomic E-state index is 11.9. The van der Waals surface area contributed by atoms with E-state index in [1.54, 1.807) is 13.8 Å². The zero-order valence-corrected chi connectivity index (χ0v) is 12.1. The van der Waals surface area contributed by atoms with Crippen LogP contribution in [0.15, 0.2) is 0 Å². The number of carboxylic acids is 1. The number of carboxylic acid groups (broad SMARTS) is 1. The Hall–Kier alpha value is -1.15. The predicted molar refractivity (Wildman–Crippen MR) is 69.0 cm³/mol. The van der Waals surface area contributed by atoms with Crippen molar-refractivity contribution in [3.05, 3.63) is 0 Å². The van der Waals surface area contributed by atoms with Crippen LogP contribution in [0.2, 0.25) is 0 Å². The largest absolute Gasteiger partial charge is 0.480 e. The van der Waals surface area contributed by atoms with Crippen LogP contribution in [-0.4, -0.2) is 43.7 Å². The van der Waals surface area contributed by atoms with E-state index in [-0.39, 0.29) is 6.54 Å². The summed E-state index contributed by atoms with van der Waals surface area (Å²) in [6, 6.07) is 0. The van der Waals surface area contributed by atoms with Crippen LogP contribution in [0.3, 0.4) is 0 Å². The van der Waals surface area contributed by atoms with Crippen molar-refractivity contribution >= 4 is 21.9 Å². The van der Waals surface area contributed by atoms with Crippen LogP contribution >= 0.6 is 0 Å². The Kier molecular flexibility index (Phi) is 4.26. The molecule has 1 rings (SSSR count). The highest BCUT2D eigenvalue weighted by molar-refractivity contribution is 7.88. The van der Waals surface area contributed by atoms with E-state index >= 15 is 0 Å². The van der Waals surface area contributed by atoms with Gasteiger partial charge in [-0.25, -0.2) is 13.1 Å². The fraction of sp³-hybridized carbons (Fsp3) is 0.818. The molecule has 0 heterocycles. The predicted octanol–water partition coefficient (Wildman–Crippen LogP) is -0.315. The third-order valence-corrected chi connectivity index (χ3v) is 4.13. The summed E-state index contributed by atoms with van der Waals surface area (Å²) >= 11 is 0. The molecular weight excluding hydrogens is 272 g/mol. The van der Waals surface area contributed by atoms with Gasteiger partial charge in [-0.15, -0.1) is 0 Å². The number of carbonyl (C=O) groups excluding carboxylic acids is 1. The number of aliphatic carboxylic acids is 1. The first-order chi connectivity index (χ1) is 8.49. The molecule has 0 bridgehead atoms. The number of nitrogens with one attached hydrogen (secondary N) is 2. The molecule has 19 heavy (non-hydrogen) atoms. The van der Waals surface area contributed by atoms with Gasteiger partial charge in [-0.05, 0) is 26.7 Å². The summed E-state index contributed by atoms with van der Waals surface area (Å²) in [7, 11) is -3.39. The Labute approximate surface area is 112 Å².